The van der Waals surface area contributed by atoms with Crippen molar-refractivity contribution in [2.24, 2.45) is 0 Å². The Bertz CT molecular complexity index is 49.2. The second-order valence-corrected chi connectivity index (χ2v) is 0.348. The first kappa shape index (κ1) is 8.90. The van der Waals surface area contributed by atoms with E-state index in [1.165, 1.54) is 6.08 Å². The minimum absolute atomic E-state index is 0. The maximum Gasteiger partial charge on any atom is 1.00 e. The van der Waals surface area contributed by atoms with Crippen molar-refractivity contribution in [3.05, 3.63) is 19.1 Å². The number of allylic oxidation sites excluding steroid dienone is 1. The molecule has 0 heterocycles. The van der Waals surface area contributed by atoms with Crippen molar-refractivity contribution in [2.45, 2.75) is 0 Å². The van der Waals surface area contributed by atoms with E-state index in [1.54, 1.807) is 0 Å². The summed E-state index contributed by atoms with van der Waals surface area (Å²) in [5.41, 5.74) is 0. The second-order valence-electron chi connectivity index (χ2n) is 0.348. The molecule has 0 atom stereocenters. The van der Waals surface area contributed by atoms with E-state index in [2.05, 4.69) is 6.58 Å². The van der Waals surface area contributed by atoms with E-state index in [4.69, 9.17) is 6.42 Å². The molecule has 30 valence electrons. The Balaban J connectivity index is 0. The Kier molecular flexibility index (Phi) is 16.0. The van der Waals surface area contributed by atoms with E-state index in [0.29, 0.717) is 0 Å². The Labute approximate surface area is 47.8 Å². The molecule has 0 fully saturated rings. The average molecular weight is 159 g/mol. The molecule has 0 aliphatic rings. The van der Waals surface area contributed by atoms with Crippen molar-refractivity contribution in [3.63, 3.8) is 0 Å². The van der Waals surface area contributed by atoms with Gasteiger partial charge in [0.15, 0.2) is 0 Å². The third-order valence-corrected chi connectivity index (χ3v) is 0.102. The van der Waals surface area contributed by atoms with Crippen LogP contribution in [0, 0.1) is 12.3 Å². The summed E-state index contributed by atoms with van der Waals surface area (Å²) in [6.07, 6.45) is 7.38. The summed E-state index contributed by atoms with van der Waals surface area (Å²) >= 11 is 0. The largest absolute Gasteiger partial charge is 1.00 e. The third kappa shape index (κ3) is 15.5. The summed E-state index contributed by atoms with van der Waals surface area (Å²) in [6.45, 7) is 3.18. The summed E-state index contributed by atoms with van der Waals surface area (Å²) < 4.78 is 0. The number of rotatable bonds is 0. The van der Waals surface area contributed by atoms with E-state index in [-0.39, 0.29) is 22.4 Å². The fourth-order valence-electron chi connectivity index (χ4n) is 0. The summed E-state index contributed by atoms with van der Waals surface area (Å²) in [6, 6.07) is 0. The molecule has 0 aliphatic carbocycles. The maximum absolute atomic E-state index is 6.08. The van der Waals surface area contributed by atoms with Gasteiger partial charge in [-0.1, -0.05) is 0 Å². The van der Waals surface area contributed by atoms with Gasteiger partial charge in [0.1, 0.15) is 0 Å². The van der Waals surface area contributed by atoms with Crippen LogP contribution in [0.25, 0.3) is 0 Å². The van der Waals surface area contributed by atoms with Crippen LogP contribution in [0.2, 0.25) is 0 Å². The molecule has 0 saturated carbocycles. The smallest absolute Gasteiger partial charge is 0.366 e. The van der Waals surface area contributed by atoms with E-state index >= 15 is 0 Å². The number of hydrogen-bond acceptors (Lipinski definition) is 0. The Morgan fingerprint density at radius 2 is 2.00 bits per heavy atom. The Hall–Kier alpha value is 0.0403. The van der Waals surface area contributed by atoms with Crippen LogP contribution < -0.4 is 0 Å². The third-order valence-electron chi connectivity index (χ3n) is 0.102. The first-order chi connectivity index (χ1) is 1.91. The van der Waals surface area contributed by atoms with Gasteiger partial charge < -0.3 is 6.42 Å². The van der Waals surface area contributed by atoms with Gasteiger partial charge in [-0.05, 0) is 0 Å². The van der Waals surface area contributed by atoms with Crippen molar-refractivity contribution in [1.82, 2.24) is 0 Å². The van der Waals surface area contributed by atoms with Crippen LogP contribution in [0.1, 0.15) is 0 Å². The fourth-order valence-corrected chi connectivity index (χ4v) is 0. The van der Waals surface area contributed by atoms with Crippen LogP contribution in [-0.4, -0.2) is 0 Å². The normalized spacial score (nSPS) is 3.00. The predicted molar refractivity (Wildman–Crippen MR) is 17.3 cm³/mol. The second kappa shape index (κ2) is 8.97. The van der Waals surface area contributed by atoms with Gasteiger partial charge in [0.25, 0.3) is 0 Å². The van der Waals surface area contributed by atoms with Crippen molar-refractivity contribution < 1.29 is 22.4 Å². The van der Waals surface area contributed by atoms with Crippen molar-refractivity contribution >= 4 is 0 Å². The zero-order chi connectivity index (χ0) is 3.41. The average Bonchev–Trinajstić information content (AvgIpc) is 1.37. The maximum atomic E-state index is 6.08. The number of hydrogen-bond donors (Lipinski definition) is 0. The SMILES string of the molecule is [Ag+].[C-]#CC=C. The quantitative estimate of drug-likeness (QED) is 0.278. The minimum atomic E-state index is 0. The molecule has 5 heavy (non-hydrogen) atoms. The molecular weight excluding hydrogens is 156 g/mol. The molecule has 0 aromatic heterocycles. The first-order valence-corrected chi connectivity index (χ1v) is 0.947. The molecule has 0 unspecified atom stereocenters. The Morgan fingerprint density at radius 1 is 1.80 bits per heavy atom. The van der Waals surface area contributed by atoms with Gasteiger partial charge in [0.05, 0.1) is 0 Å². The minimum Gasteiger partial charge on any atom is -0.366 e. The fraction of sp³-hybridized carbons (Fsp3) is 0. The molecular formula is C4H3Ag. The van der Waals surface area contributed by atoms with Gasteiger partial charge in [-0.25, -0.2) is 0 Å². The first-order valence-electron chi connectivity index (χ1n) is 0.947. The zero-order valence-corrected chi connectivity index (χ0v) is 4.07. The zero-order valence-electron chi connectivity index (χ0n) is 2.59. The van der Waals surface area contributed by atoms with E-state index in [1.807, 2.05) is 5.92 Å². The summed E-state index contributed by atoms with van der Waals surface area (Å²) in [7, 11) is 0. The van der Waals surface area contributed by atoms with Crippen LogP contribution in [-0.2, 0) is 22.4 Å². The van der Waals surface area contributed by atoms with Crippen molar-refractivity contribution in [1.29, 1.82) is 0 Å². The van der Waals surface area contributed by atoms with Crippen LogP contribution in [0.15, 0.2) is 12.7 Å². The molecule has 0 bridgehead atoms. The standard InChI is InChI=1S/C4H3.Ag/c1-3-4-2;/h3H,1H2;/q-1;+1. The van der Waals surface area contributed by atoms with Gasteiger partial charge in [-0.2, -0.15) is 12.7 Å². The topological polar surface area (TPSA) is 0 Å². The molecule has 0 aromatic rings. The van der Waals surface area contributed by atoms with Gasteiger partial charge >= 0.3 is 22.4 Å². The van der Waals surface area contributed by atoms with Gasteiger partial charge in [0.2, 0.25) is 0 Å². The molecule has 0 saturated heterocycles. The molecule has 0 nitrogen and oxygen atoms in total. The summed E-state index contributed by atoms with van der Waals surface area (Å²) in [5.74, 6) is 1.94. The van der Waals surface area contributed by atoms with Crippen molar-refractivity contribution in [3.8, 4) is 5.92 Å². The van der Waals surface area contributed by atoms with E-state index in [9.17, 15) is 0 Å². The van der Waals surface area contributed by atoms with Crippen LogP contribution >= 0.6 is 0 Å². The van der Waals surface area contributed by atoms with Gasteiger partial charge in [0, 0.05) is 0 Å². The van der Waals surface area contributed by atoms with E-state index in [0.717, 1.165) is 0 Å². The molecule has 0 rings (SSSR count). The Morgan fingerprint density at radius 3 is 2.00 bits per heavy atom. The van der Waals surface area contributed by atoms with Crippen LogP contribution in [0.5, 0.6) is 0 Å². The molecule has 0 spiro atoms. The molecule has 0 aliphatic heterocycles. The molecule has 0 aromatic carbocycles. The van der Waals surface area contributed by atoms with Crippen LogP contribution in [0.3, 0.4) is 0 Å². The molecule has 0 amide bonds. The predicted octanol–water partition coefficient (Wildman–Crippen LogP) is 0.760. The monoisotopic (exact) mass is 158 g/mol. The summed E-state index contributed by atoms with van der Waals surface area (Å²) in [4.78, 5) is 0. The molecule has 0 radical (unpaired) electrons. The molecule has 1 heteroatoms. The summed E-state index contributed by atoms with van der Waals surface area (Å²) in [5, 5.41) is 0. The van der Waals surface area contributed by atoms with E-state index < -0.39 is 0 Å². The van der Waals surface area contributed by atoms with Crippen molar-refractivity contribution in [2.75, 3.05) is 0 Å². The van der Waals surface area contributed by atoms with Gasteiger partial charge in [-0.3, -0.25) is 5.92 Å². The van der Waals surface area contributed by atoms with Crippen LogP contribution in [0.4, 0.5) is 0 Å². The van der Waals surface area contributed by atoms with Gasteiger partial charge in [-0.15, -0.1) is 0 Å². The molecule has 0 N–H and O–H groups in total.